The Bertz CT molecular complexity index is 1090. The number of aryl methyl sites for hydroxylation is 1. The minimum absolute atomic E-state index is 0.155. The Labute approximate surface area is 166 Å². The van der Waals surface area contributed by atoms with Crippen molar-refractivity contribution in [1.82, 2.24) is 9.47 Å². The first-order chi connectivity index (χ1) is 12.8. The standard InChI is InChI=1S/C20H17ClN4OS/c1-11-7-14(13(3)25(11)16-6-4-5-15(21)9-16)8-17-18(22)24-10-12(2)27-20(24)23-19(17)26/h4-10,22H,1-3H3. The van der Waals surface area contributed by atoms with Gasteiger partial charge in [0.05, 0.1) is 5.57 Å². The summed E-state index contributed by atoms with van der Waals surface area (Å²) in [6.07, 6.45) is 3.59. The predicted octanol–water partition coefficient (Wildman–Crippen LogP) is 4.91. The van der Waals surface area contributed by atoms with Gasteiger partial charge in [0.2, 0.25) is 0 Å². The smallest absolute Gasteiger partial charge is 0.283 e. The average Bonchev–Trinajstić information content (AvgIpc) is 3.10. The molecule has 2 aromatic rings. The molecule has 2 aliphatic heterocycles. The number of hydrogen-bond acceptors (Lipinski definition) is 3. The number of aromatic nitrogens is 1. The van der Waals surface area contributed by atoms with Crippen molar-refractivity contribution in [1.29, 1.82) is 5.41 Å². The summed E-state index contributed by atoms with van der Waals surface area (Å²) in [6, 6.07) is 9.64. The Morgan fingerprint density at radius 2 is 2.00 bits per heavy atom. The molecule has 7 heteroatoms. The first kappa shape index (κ1) is 17.8. The van der Waals surface area contributed by atoms with Gasteiger partial charge in [0.1, 0.15) is 5.84 Å². The van der Waals surface area contributed by atoms with Gasteiger partial charge in [0.25, 0.3) is 5.91 Å². The fraction of sp³-hybridized carbons (Fsp3) is 0.150. The van der Waals surface area contributed by atoms with E-state index in [1.54, 1.807) is 11.0 Å². The third kappa shape index (κ3) is 3.05. The monoisotopic (exact) mass is 396 g/mol. The summed E-state index contributed by atoms with van der Waals surface area (Å²) in [5, 5.41) is 9.65. The molecule has 2 aliphatic rings. The van der Waals surface area contributed by atoms with E-state index in [2.05, 4.69) is 9.56 Å². The van der Waals surface area contributed by atoms with E-state index in [1.807, 2.05) is 57.3 Å². The molecule has 1 aromatic heterocycles. The minimum Gasteiger partial charge on any atom is -0.318 e. The van der Waals surface area contributed by atoms with Crippen LogP contribution in [0.3, 0.4) is 0 Å². The van der Waals surface area contributed by atoms with E-state index in [4.69, 9.17) is 17.0 Å². The van der Waals surface area contributed by atoms with Crippen LogP contribution in [0.5, 0.6) is 0 Å². The molecule has 0 unspecified atom stereocenters. The molecule has 0 saturated heterocycles. The van der Waals surface area contributed by atoms with Gasteiger partial charge in [0, 0.05) is 33.2 Å². The van der Waals surface area contributed by atoms with Gasteiger partial charge < -0.3 is 4.57 Å². The quantitative estimate of drug-likeness (QED) is 0.733. The van der Waals surface area contributed by atoms with Crippen LogP contribution in [0.15, 0.2) is 52.0 Å². The number of benzene rings is 1. The molecule has 0 bridgehead atoms. The van der Waals surface area contributed by atoms with Crippen molar-refractivity contribution in [2.24, 2.45) is 4.99 Å². The molecular weight excluding hydrogens is 380 g/mol. The van der Waals surface area contributed by atoms with Gasteiger partial charge in [-0.3, -0.25) is 15.1 Å². The van der Waals surface area contributed by atoms with E-state index in [0.717, 1.165) is 27.5 Å². The van der Waals surface area contributed by atoms with Crippen molar-refractivity contribution < 1.29 is 4.79 Å². The van der Waals surface area contributed by atoms with Crippen molar-refractivity contribution in [3.63, 3.8) is 0 Å². The van der Waals surface area contributed by atoms with Gasteiger partial charge in [-0.25, -0.2) is 0 Å². The van der Waals surface area contributed by atoms with Gasteiger partial charge in [-0.2, -0.15) is 4.99 Å². The van der Waals surface area contributed by atoms with Crippen LogP contribution in [0, 0.1) is 19.3 Å². The number of fused-ring (bicyclic) bond motifs is 1. The summed E-state index contributed by atoms with van der Waals surface area (Å²) >= 11 is 7.54. The van der Waals surface area contributed by atoms with Crippen LogP contribution in [0.4, 0.5) is 0 Å². The van der Waals surface area contributed by atoms with Crippen molar-refractivity contribution >= 4 is 46.3 Å². The van der Waals surface area contributed by atoms with Gasteiger partial charge in [-0.05, 0) is 56.7 Å². The summed E-state index contributed by atoms with van der Waals surface area (Å²) in [5.74, 6) is -0.226. The van der Waals surface area contributed by atoms with Crippen LogP contribution in [-0.4, -0.2) is 26.4 Å². The van der Waals surface area contributed by atoms with Crippen LogP contribution in [0.1, 0.15) is 23.9 Å². The number of hydrogen-bond donors (Lipinski definition) is 1. The molecule has 4 rings (SSSR count). The Kier molecular flexibility index (Phi) is 4.32. The third-order valence-corrected chi connectivity index (χ3v) is 5.66. The number of carbonyl (C=O) groups excluding carboxylic acids is 1. The molecule has 0 fully saturated rings. The van der Waals surface area contributed by atoms with Gasteiger partial charge in [0.15, 0.2) is 5.17 Å². The highest BCUT2D eigenvalue weighted by molar-refractivity contribution is 8.17. The second-order valence-corrected chi connectivity index (χ2v) is 8.11. The number of nitrogens with zero attached hydrogens (tertiary/aromatic N) is 3. The normalized spacial score (nSPS) is 18.1. The maximum absolute atomic E-state index is 12.5. The van der Waals surface area contributed by atoms with E-state index in [1.165, 1.54) is 11.8 Å². The summed E-state index contributed by atoms with van der Waals surface area (Å²) < 4.78 is 2.08. The molecule has 27 heavy (non-hydrogen) atoms. The molecule has 5 nitrogen and oxygen atoms in total. The van der Waals surface area contributed by atoms with E-state index >= 15 is 0 Å². The summed E-state index contributed by atoms with van der Waals surface area (Å²) in [6.45, 7) is 5.93. The average molecular weight is 397 g/mol. The minimum atomic E-state index is -0.380. The number of halogens is 1. The van der Waals surface area contributed by atoms with Crippen LogP contribution in [0.2, 0.25) is 5.02 Å². The summed E-state index contributed by atoms with van der Waals surface area (Å²) in [4.78, 5) is 19.3. The van der Waals surface area contributed by atoms with E-state index < -0.39 is 0 Å². The molecule has 0 saturated carbocycles. The fourth-order valence-corrected chi connectivity index (χ4v) is 4.30. The maximum atomic E-state index is 12.5. The lowest BCUT2D eigenvalue weighted by atomic mass is 10.1. The Hall–Kier alpha value is -2.57. The topological polar surface area (TPSA) is 61.5 Å². The number of thioether (sulfide) groups is 1. The Balaban J connectivity index is 1.78. The molecule has 3 heterocycles. The number of amidine groups is 2. The third-order valence-electron chi connectivity index (χ3n) is 4.53. The molecule has 1 N–H and O–H groups in total. The lowest BCUT2D eigenvalue weighted by Gasteiger charge is -2.22. The van der Waals surface area contributed by atoms with Crippen LogP contribution >= 0.6 is 23.4 Å². The predicted molar refractivity (Wildman–Crippen MR) is 112 cm³/mol. The maximum Gasteiger partial charge on any atom is 0.283 e. The van der Waals surface area contributed by atoms with E-state index in [9.17, 15) is 4.79 Å². The Morgan fingerprint density at radius 3 is 2.74 bits per heavy atom. The van der Waals surface area contributed by atoms with Crippen molar-refractivity contribution in [3.8, 4) is 5.69 Å². The summed E-state index contributed by atoms with van der Waals surface area (Å²) in [5.41, 5.74) is 4.12. The van der Waals surface area contributed by atoms with Gasteiger partial charge >= 0.3 is 0 Å². The lowest BCUT2D eigenvalue weighted by molar-refractivity contribution is -0.114. The molecule has 0 spiro atoms. The SMILES string of the molecule is CC1=CN2C(=N)C(=Cc3cc(C)n(-c4cccc(Cl)c4)c3C)C(=O)N=C2S1. The molecule has 0 atom stereocenters. The van der Waals surface area contributed by atoms with Crippen LogP contribution in [-0.2, 0) is 4.79 Å². The number of nitrogens with one attached hydrogen (secondary N) is 1. The van der Waals surface area contributed by atoms with E-state index in [0.29, 0.717) is 10.2 Å². The molecule has 1 amide bonds. The summed E-state index contributed by atoms with van der Waals surface area (Å²) in [7, 11) is 0. The van der Waals surface area contributed by atoms with Gasteiger partial charge in [-0.15, -0.1) is 0 Å². The number of rotatable bonds is 2. The number of amides is 1. The molecule has 0 radical (unpaired) electrons. The number of aliphatic imine (C=N–C) groups is 1. The van der Waals surface area contributed by atoms with Crippen molar-refractivity contribution in [2.45, 2.75) is 20.8 Å². The highest BCUT2D eigenvalue weighted by atomic mass is 35.5. The fourth-order valence-electron chi connectivity index (χ4n) is 3.30. The Morgan fingerprint density at radius 1 is 1.22 bits per heavy atom. The molecular formula is C20H17ClN4OS. The van der Waals surface area contributed by atoms with Gasteiger partial charge in [-0.1, -0.05) is 29.4 Å². The molecule has 136 valence electrons. The second-order valence-electron chi connectivity index (χ2n) is 6.46. The first-order valence-electron chi connectivity index (χ1n) is 8.39. The zero-order valence-corrected chi connectivity index (χ0v) is 16.6. The zero-order valence-electron chi connectivity index (χ0n) is 15.1. The van der Waals surface area contributed by atoms with Crippen LogP contribution in [0.25, 0.3) is 11.8 Å². The number of allylic oxidation sites excluding steroid dienone is 1. The second kappa shape index (κ2) is 6.55. The van der Waals surface area contributed by atoms with Crippen LogP contribution < -0.4 is 0 Å². The largest absolute Gasteiger partial charge is 0.318 e. The van der Waals surface area contributed by atoms with Crippen molar-refractivity contribution in [2.75, 3.05) is 0 Å². The lowest BCUT2D eigenvalue weighted by Crippen LogP contribution is -2.35. The molecule has 0 aliphatic carbocycles. The zero-order chi connectivity index (χ0) is 19.3. The van der Waals surface area contributed by atoms with Crippen molar-refractivity contribution in [3.05, 3.63) is 69.0 Å². The highest BCUT2D eigenvalue weighted by Crippen LogP contribution is 2.33. The van der Waals surface area contributed by atoms with E-state index in [-0.39, 0.29) is 17.3 Å². The highest BCUT2D eigenvalue weighted by Gasteiger charge is 2.33. The first-order valence-corrected chi connectivity index (χ1v) is 9.58. The molecule has 1 aromatic carbocycles. The number of carbonyl (C=O) groups is 1.